The van der Waals surface area contributed by atoms with Crippen molar-refractivity contribution in [2.45, 2.75) is 31.7 Å². The SMILES string of the molecule is COc1cc(CNCCSc2nnnn2-c2ccccc2)cc(Br)c1OC(C)C. The summed E-state index contributed by atoms with van der Waals surface area (Å²) in [5.41, 5.74) is 2.07. The number of hydrogen-bond acceptors (Lipinski definition) is 7. The van der Waals surface area contributed by atoms with Crippen molar-refractivity contribution in [3.05, 3.63) is 52.5 Å². The molecule has 7 nitrogen and oxygen atoms in total. The Kier molecular flexibility index (Phi) is 7.91. The molecule has 3 rings (SSSR count). The standard InChI is InChI=1S/C20H24BrN5O2S/c1-14(2)28-19-17(21)11-15(12-18(19)27-3)13-22-9-10-29-20-23-24-25-26(20)16-7-5-4-6-8-16/h4-8,11-12,14,22H,9-10,13H2,1-3H3. The van der Waals surface area contributed by atoms with Crippen molar-refractivity contribution in [1.82, 2.24) is 25.5 Å². The summed E-state index contributed by atoms with van der Waals surface area (Å²) in [7, 11) is 1.65. The quantitative estimate of drug-likeness (QED) is 0.347. The number of para-hydroxylation sites is 1. The third-order valence-corrected chi connectivity index (χ3v) is 5.43. The molecule has 0 saturated heterocycles. The Hall–Kier alpha value is -2.10. The minimum Gasteiger partial charge on any atom is -0.493 e. The molecule has 0 saturated carbocycles. The average molecular weight is 478 g/mol. The number of hydrogen-bond donors (Lipinski definition) is 1. The zero-order valence-corrected chi connectivity index (χ0v) is 19.0. The summed E-state index contributed by atoms with van der Waals surface area (Å²) in [6.45, 7) is 5.53. The fraction of sp³-hybridized carbons (Fsp3) is 0.350. The van der Waals surface area contributed by atoms with Crippen LogP contribution >= 0.6 is 27.7 Å². The maximum atomic E-state index is 5.84. The van der Waals surface area contributed by atoms with Gasteiger partial charge in [0, 0.05) is 18.8 Å². The Bertz CT molecular complexity index is 920. The minimum atomic E-state index is 0.0774. The van der Waals surface area contributed by atoms with Gasteiger partial charge in [0.05, 0.1) is 23.4 Å². The van der Waals surface area contributed by atoms with Gasteiger partial charge in [0.2, 0.25) is 5.16 Å². The van der Waals surface area contributed by atoms with Crippen LogP contribution in [0.4, 0.5) is 0 Å². The lowest BCUT2D eigenvalue weighted by atomic mass is 10.2. The van der Waals surface area contributed by atoms with Crippen LogP contribution in [0.25, 0.3) is 5.69 Å². The molecule has 2 aromatic carbocycles. The van der Waals surface area contributed by atoms with E-state index < -0.39 is 0 Å². The molecule has 154 valence electrons. The molecule has 0 aliphatic rings. The van der Waals surface area contributed by atoms with Crippen molar-refractivity contribution in [3.63, 3.8) is 0 Å². The summed E-state index contributed by atoms with van der Waals surface area (Å²) in [6, 6.07) is 13.9. The third kappa shape index (κ3) is 5.94. The van der Waals surface area contributed by atoms with Gasteiger partial charge >= 0.3 is 0 Å². The van der Waals surface area contributed by atoms with Crippen LogP contribution < -0.4 is 14.8 Å². The molecule has 0 atom stereocenters. The van der Waals surface area contributed by atoms with Gasteiger partial charge in [0.25, 0.3) is 0 Å². The molecule has 29 heavy (non-hydrogen) atoms. The van der Waals surface area contributed by atoms with Gasteiger partial charge in [-0.15, -0.1) is 5.10 Å². The molecular formula is C20H24BrN5O2S. The van der Waals surface area contributed by atoms with Crippen molar-refractivity contribution in [2.24, 2.45) is 0 Å². The molecule has 0 amide bonds. The number of aromatic nitrogens is 4. The van der Waals surface area contributed by atoms with Gasteiger partial charge in [-0.1, -0.05) is 30.0 Å². The first-order chi connectivity index (χ1) is 14.1. The van der Waals surface area contributed by atoms with E-state index in [1.807, 2.05) is 50.2 Å². The number of benzene rings is 2. The molecule has 9 heteroatoms. The lowest BCUT2D eigenvalue weighted by molar-refractivity contribution is 0.228. The van der Waals surface area contributed by atoms with E-state index >= 15 is 0 Å². The number of rotatable bonds is 10. The van der Waals surface area contributed by atoms with Crippen molar-refractivity contribution in [1.29, 1.82) is 0 Å². The summed E-state index contributed by atoms with van der Waals surface area (Å²) in [5, 5.41) is 16.2. The van der Waals surface area contributed by atoms with E-state index in [1.54, 1.807) is 23.6 Å². The van der Waals surface area contributed by atoms with Gasteiger partial charge < -0.3 is 14.8 Å². The molecule has 1 aromatic heterocycles. The highest BCUT2D eigenvalue weighted by Gasteiger charge is 2.13. The van der Waals surface area contributed by atoms with Crippen LogP contribution in [0, 0.1) is 0 Å². The van der Waals surface area contributed by atoms with Crippen LogP contribution in [-0.4, -0.2) is 45.7 Å². The number of nitrogens with one attached hydrogen (secondary N) is 1. The first-order valence-electron chi connectivity index (χ1n) is 9.29. The second kappa shape index (κ2) is 10.6. The number of tetrazole rings is 1. The van der Waals surface area contributed by atoms with E-state index in [-0.39, 0.29) is 6.10 Å². The molecule has 0 radical (unpaired) electrons. The highest BCUT2D eigenvalue weighted by atomic mass is 79.9. The van der Waals surface area contributed by atoms with Crippen molar-refractivity contribution < 1.29 is 9.47 Å². The number of halogens is 1. The second-order valence-electron chi connectivity index (χ2n) is 6.51. The van der Waals surface area contributed by atoms with E-state index in [4.69, 9.17) is 9.47 Å². The molecule has 0 bridgehead atoms. The molecule has 1 heterocycles. The van der Waals surface area contributed by atoms with Gasteiger partial charge in [-0.05, 0) is 70.0 Å². The first kappa shape index (κ1) is 21.6. The lowest BCUT2D eigenvalue weighted by Crippen LogP contribution is -2.17. The lowest BCUT2D eigenvalue weighted by Gasteiger charge is -2.16. The Morgan fingerprint density at radius 1 is 1.21 bits per heavy atom. The summed E-state index contributed by atoms with van der Waals surface area (Å²) in [5.74, 6) is 2.30. The van der Waals surface area contributed by atoms with Crippen LogP contribution in [0.15, 0.2) is 52.1 Å². The van der Waals surface area contributed by atoms with Gasteiger partial charge in [-0.25, -0.2) is 0 Å². The second-order valence-corrected chi connectivity index (χ2v) is 8.43. The number of ether oxygens (including phenoxy) is 2. The van der Waals surface area contributed by atoms with Crippen molar-refractivity contribution in [3.8, 4) is 17.2 Å². The van der Waals surface area contributed by atoms with Gasteiger partial charge in [-0.3, -0.25) is 0 Å². The number of methoxy groups -OCH3 is 1. The first-order valence-corrected chi connectivity index (χ1v) is 11.1. The normalized spacial score (nSPS) is 11.1. The van der Waals surface area contributed by atoms with E-state index in [9.17, 15) is 0 Å². The highest BCUT2D eigenvalue weighted by molar-refractivity contribution is 9.10. The average Bonchev–Trinajstić information content (AvgIpc) is 3.18. The van der Waals surface area contributed by atoms with E-state index in [1.165, 1.54) is 0 Å². The highest BCUT2D eigenvalue weighted by Crippen LogP contribution is 2.37. The molecule has 0 unspecified atom stereocenters. The Morgan fingerprint density at radius 3 is 2.72 bits per heavy atom. The third-order valence-electron chi connectivity index (χ3n) is 3.92. The molecule has 0 aliphatic carbocycles. The molecule has 1 N–H and O–H groups in total. The minimum absolute atomic E-state index is 0.0774. The molecular weight excluding hydrogens is 454 g/mol. The zero-order valence-electron chi connectivity index (χ0n) is 16.6. The van der Waals surface area contributed by atoms with Gasteiger partial charge in [0.15, 0.2) is 11.5 Å². The molecule has 3 aromatic rings. The van der Waals surface area contributed by atoms with Gasteiger partial charge in [-0.2, -0.15) is 4.68 Å². The van der Waals surface area contributed by atoms with Crippen LogP contribution in [0.5, 0.6) is 11.5 Å². The maximum Gasteiger partial charge on any atom is 0.214 e. The largest absolute Gasteiger partial charge is 0.493 e. The van der Waals surface area contributed by atoms with Crippen LogP contribution in [0.2, 0.25) is 0 Å². The predicted molar refractivity (Wildman–Crippen MR) is 118 cm³/mol. The smallest absolute Gasteiger partial charge is 0.214 e. The molecule has 0 fully saturated rings. The summed E-state index contributed by atoms with van der Waals surface area (Å²) >= 11 is 5.20. The maximum absolute atomic E-state index is 5.84. The molecule has 0 spiro atoms. The molecule has 0 aliphatic heterocycles. The van der Waals surface area contributed by atoms with Crippen LogP contribution in [0.1, 0.15) is 19.4 Å². The van der Waals surface area contributed by atoms with Crippen LogP contribution in [-0.2, 0) is 6.54 Å². The Labute approximate surface area is 183 Å². The van der Waals surface area contributed by atoms with Crippen molar-refractivity contribution in [2.75, 3.05) is 19.4 Å². The summed E-state index contributed by atoms with van der Waals surface area (Å²) in [4.78, 5) is 0. The Morgan fingerprint density at radius 2 is 2.00 bits per heavy atom. The summed E-state index contributed by atoms with van der Waals surface area (Å²) < 4.78 is 14.0. The summed E-state index contributed by atoms with van der Waals surface area (Å²) in [6.07, 6.45) is 0.0774. The van der Waals surface area contributed by atoms with E-state index in [0.29, 0.717) is 0 Å². The van der Waals surface area contributed by atoms with E-state index in [2.05, 4.69) is 42.8 Å². The van der Waals surface area contributed by atoms with Crippen LogP contribution in [0.3, 0.4) is 0 Å². The monoisotopic (exact) mass is 477 g/mol. The van der Waals surface area contributed by atoms with E-state index in [0.717, 1.165) is 51.2 Å². The fourth-order valence-electron chi connectivity index (χ4n) is 2.67. The van der Waals surface area contributed by atoms with Crippen molar-refractivity contribution >= 4 is 27.7 Å². The number of nitrogens with zero attached hydrogens (tertiary/aromatic N) is 4. The Balaban J connectivity index is 1.52. The topological polar surface area (TPSA) is 74.1 Å². The fourth-order valence-corrected chi connectivity index (χ4v) is 4.04. The van der Waals surface area contributed by atoms with Gasteiger partial charge in [0.1, 0.15) is 0 Å². The predicted octanol–water partition coefficient (Wildman–Crippen LogP) is 4.10. The number of thioether (sulfide) groups is 1. The zero-order chi connectivity index (χ0) is 20.6.